The molecule has 3 rings (SSSR count). The van der Waals surface area contributed by atoms with Crippen LogP contribution in [0.3, 0.4) is 0 Å². The molecule has 0 saturated carbocycles. The normalized spacial score (nSPS) is 21.3. The molecule has 2 atom stereocenters. The topological polar surface area (TPSA) is 20.2 Å². The predicted octanol–water partition coefficient (Wildman–Crippen LogP) is 3.92. The van der Waals surface area contributed by atoms with Gasteiger partial charge < -0.3 is 5.11 Å². The van der Waals surface area contributed by atoms with E-state index in [0.29, 0.717) is 5.92 Å². The third-order valence-corrected chi connectivity index (χ3v) is 4.19. The molecule has 0 amide bonds. The predicted molar refractivity (Wildman–Crippen MR) is 78.0 cm³/mol. The van der Waals surface area contributed by atoms with Crippen LogP contribution in [0.4, 0.5) is 0 Å². The molecular formula is C18H20O. The van der Waals surface area contributed by atoms with Crippen LogP contribution < -0.4 is 0 Å². The van der Waals surface area contributed by atoms with E-state index >= 15 is 0 Å². The van der Waals surface area contributed by atoms with Crippen LogP contribution in [0.1, 0.15) is 35.6 Å². The molecule has 98 valence electrons. The van der Waals surface area contributed by atoms with Crippen molar-refractivity contribution >= 4 is 0 Å². The Kier molecular flexibility index (Phi) is 3.65. The van der Waals surface area contributed by atoms with Crippen molar-refractivity contribution in [2.24, 2.45) is 5.92 Å². The second-order valence-corrected chi connectivity index (χ2v) is 5.49. The van der Waals surface area contributed by atoms with Gasteiger partial charge in [-0.2, -0.15) is 0 Å². The Morgan fingerprint density at radius 1 is 0.947 bits per heavy atom. The SMILES string of the molecule is O[C@H]1c2ccccc2C[C@H]1CCCc1ccccc1. The maximum atomic E-state index is 10.3. The van der Waals surface area contributed by atoms with Gasteiger partial charge in [0.25, 0.3) is 0 Å². The summed E-state index contributed by atoms with van der Waals surface area (Å²) in [6, 6.07) is 18.9. The standard InChI is InChI=1S/C18H20O/c19-18-16(13-15-10-4-5-12-17(15)18)11-6-9-14-7-2-1-3-8-14/h1-5,7-8,10,12,16,18-19H,6,9,11,13H2/t16-,18-/m1/s1. The molecule has 1 heteroatoms. The lowest BCUT2D eigenvalue weighted by molar-refractivity contribution is 0.117. The third kappa shape index (κ3) is 2.71. The molecule has 2 aromatic carbocycles. The van der Waals surface area contributed by atoms with Gasteiger partial charge in [-0.3, -0.25) is 0 Å². The molecule has 2 aromatic rings. The van der Waals surface area contributed by atoms with E-state index in [-0.39, 0.29) is 6.10 Å². The van der Waals surface area contributed by atoms with Gasteiger partial charge in [-0.25, -0.2) is 0 Å². The molecular weight excluding hydrogens is 232 g/mol. The summed E-state index contributed by atoms with van der Waals surface area (Å²) in [5, 5.41) is 10.3. The van der Waals surface area contributed by atoms with Gasteiger partial charge >= 0.3 is 0 Å². The number of fused-ring (bicyclic) bond motifs is 1. The molecule has 1 N–H and O–H groups in total. The van der Waals surface area contributed by atoms with Crippen molar-refractivity contribution < 1.29 is 5.11 Å². The molecule has 0 radical (unpaired) electrons. The molecule has 1 aliphatic carbocycles. The van der Waals surface area contributed by atoms with Crippen molar-refractivity contribution in [2.45, 2.75) is 31.8 Å². The van der Waals surface area contributed by atoms with Gasteiger partial charge in [0.1, 0.15) is 0 Å². The van der Waals surface area contributed by atoms with Gasteiger partial charge in [0.15, 0.2) is 0 Å². The number of aliphatic hydroxyl groups is 1. The molecule has 0 aromatic heterocycles. The maximum absolute atomic E-state index is 10.3. The lowest BCUT2D eigenvalue weighted by atomic mass is 9.95. The maximum Gasteiger partial charge on any atom is 0.0824 e. The van der Waals surface area contributed by atoms with Crippen molar-refractivity contribution in [3.63, 3.8) is 0 Å². The Morgan fingerprint density at radius 3 is 2.47 bits per heavy atom. The van der Waals surface area contributed by atoms with E-state index in [4.69, 9.17) is 0 Å². The van der Waals surface area contributed by atoms with Crippen molar-refractivity contribution in [1.29, 1.82) is 0 Å². The first kappa shape index (κ1) is 12.4. The molecule has 0 saturated heterocycles. The Labute approximate surface area is 114 Å². The lowest BCUT2D eigenvalue weighted by Gasteiger charge is -2.14. The fourth-order valence-electron chi connectivity index (χ4n) is 3.13. The third-order valence-electron chi connectivity index (χ3n) is 4.19. The number of benzene rings is 2. The fourth-order valence-corrected chi connectivity index (χ4v) is 3.13. The summed E-state index contributed by atoms with van der Waals surface area (Å²) < 4.78 is 0. The van der Waals surface area contributed by atoms with Gasteiger partial charge in [-0.1, -0.05) is 54.6 Å². The Bertz CT molecular complexity index is 532. The van der Waals surface area contributed by atoms with Crippen molar-refractivity contribution in [3.8, 4) is 0 Å². The average Bonchev–Trinajstić information content (AvgIpc) is 2.78. The highest BCUT2D eigenvalue weighted by molar-refractivity contribution is 5.34. The largest absolute Gasteiger partial charge is 0.388 e. The van der Waals surface area contributed by atoms with Crippen molar-refractivity contribution in [3.05, 3.63) is 71.3 Å². The zero-order valence-corrected chi connectivity index (χ0v) is 11.1. The molecule has 0 fully saturated rings. The van der Waals surface area contributed by atoms with Crippen LogP contribution in [0.2, 0.25) is 0 Å². The summed E-state index contributed by atoms with van der Waals surface area (Å²) >= 11 is 0. The molecule has 0 bridgehead atoms. The van der Waals surface area contributed by atoms with Gasteiger partial charge in [0.05, 0.1) is 6.10 Å². The first-order valence-corrected chi connectivity index (χ1v) is 7.14. The quantitative estimate of drug-likeness (QED) is 0.874. The molecule has 1 aliphatic rings. The van der Waals surface area contributed by atoms with E-state index < -0.39 is 0 Å². The number of hydrogen-bond donors (Lipinski definition) is 1. The van der Waals surface area contributed by atoms with Crippen LogP contribution in [0.5, 0.6) is 0 Å². The van der Waals surface area contributed by atoms with Crippen molar-refractivity contribution in [1.82, 2.24) is 0 Å². The summed E-state index contributed by atoms with van der Waals surface area (Å²) in [5.41, 5.74) is 3.87. The second-order valence-electron chi connectivity index (χ2n) is 5.49. The van der Waals surface area contributed by atoms with Gasteiger partial charge in [0.2, 0.25) is 0 Å². The zero-order chi connectivity index (χ0) is 13.1. The Morgan fingerprint density at radius 2 is 1.68 bits per heavy atom. The molecule has 0 spiro atoms. The fraction of sp³-hybridized carbons (Fsp3) is 0.333. The minimum Gasteiger partial charge on any atom is -0.388 e. The van der Waals surface area contributed by atoms with E-state index in [1.165, 1.54) is 11.1 Å². The second kappa shape index (κ2) is 5.58. The molecule has 0 unspecified atom stereocenters. The minimum atomic E-state index is -0.257. The van der Waals surface area contributed by atoms with Crippen LogP contribution in [0, 0.1) is 5.92 Å². The lowest BCUT2D eigenvalue weighted by Crippen LogP contribution is -2.07. The molecule has 0 heterocycles. The number of rotatable bonds is 4. The van der Waals surface area contributed by atoms with E-state index in [1.54, 1.807) is 0 Å². The van der Waals surface area contributed by atoms with Crippen LogP contribution in [0.25, 0.3) is 0 Å². The Balaban J connectivity index is 1.55. The summed E-state index contributed by atoms with van der Waals surface area (Å²) in [6.45, 7) is 0. The van der Waals surface area contributed by atoms with E-state index in [0.717, 1.165) is 31.2 Å². The number of aryl methyl sites for hydroxylation is 1. The number of hydrogen-bond acceptors (Lipinski definition) is 1. The summed E-state index contributed by atoms with van der Waals surface area (Å²) in [4.78, 5) is 0. The van der Waals surface area contributed by atoms with Gasteiger partial charge in [0, 0.05) is 0 Å². The highest BCUT2D eigenvalue weighted by Gasteiger charge is 2.29. The van der Waals surface area contributed by atoms with Crippen LogP contribution in [-0.2, 0) is 12.8 Å². The van der Waals surface area contributed by atoms with Crippen LogP contribution in [0.15, 0.2) is 54.6 Å². The number of aliphatic hydroxyl groups excluding tert-OH is 1. The van der Waals surface area contributed by atoms with Crippen molar-refractivity contribution in [2.75, 3.05) is 0 Å². The Hall–Kier alpha value is -1.60. The van der Waals surface area contributed by atoms with Gasteiger partial charge in [-0.15, -0.1) is 0 Å². The van der Waals surface area contributed by atoms with E-state index in [1.807, 2.05) is 6.07 Å². The van der Waals surface area contributed by atoms with E-state index in [9.17, 15) is 5.11 Å². The first-order chi connectivity index (χ1) is 9.34. The van der Waals surface area contributed by atoms with Gasteiger partial charge in [-0.05, 0) is 48.3 Å². The highest BCUT2D eigenvalue weighted by Crippen LogP contribution is 2.38. The van der Waals surface area contributed by atoms with Crippen LogP contribution in [-0.4, -0.2) is 5.11 Å². The van der Waals surface area contributed by atoms with E-state index in [2.05, 4.69) is 48.5 Å². The first-order valence-electron chi connectivity index (χ1n) is 7.14. The summed E-state index contributed by atoms with van der Waals surface area (Å²) in [5.74, 6) is 0.404. The molecule has 19 heavy (non-hydrogen) atoms. The van der Waals surface area contributed by atoms with Crippen LogP contribution >= 0.6 is 0 Å². The monoisotopic (exact) mass is 252 g/mol. The minimum absolute atomic E-state index is 0.257. The average molecular weight is 252 g/mol. The molecule has 1 nitrogen and oxygen atoms in total. The summed E-state index contributed by atoms with van der Waals surface area (Å²) in [7, 11) is 0. The zero-order valence-electron chi connectivity index (χ0n) is 11.1. The highest BCUT2D eigenvalue weighted by atomic mass is 16.3. The summed E-state index contributed by atoms with van der Waals surface area (Å²) in [6.07, 6.45) is 4.14. The smallest absolute Gasteiger partial charge is 0.0824 e. The molecule has 0 aliphatic heterocycles.